The van der Waals surface area contributed by atoms with Gasteiger partial charge in [0.1, 0.15) is 11.6 Å². The number of hydrogen-bond acceptors (Lipinski definition) is 4. The number of carbonyl (C=O) groups is 1. The number of benzene rings is 2. The van der Waals surface area contributed by atoms with E-state index in [1.165, 1.54) is 0 Å². The van der Waals surface area contributed by atoms with Gasteiger partial charge in [0.2, 0.25) is 5.89 Å². The smallest absolute Gasteiger partial charge is 0.253 e. The molecule has 1 aliphatic rings. The third-order valence-electron chi connectivity index (χ3n) is 3.97. The van der Waals surface area contributed by atoms with Crippen molar-refractivity contribution in [3.05, 3.63) is 47.5 Å². The molecule has 6 heteroatoms. The van der Waals surface area contributed by atoms with E-state index >= 15 is 0 Å². The van der Waals surface area contributed by atoms with Crippen LogP contribution < -0.4 is 5.32 Å². The number of aromatic nitrogens is 1. The Hall–Kier alpha value is -2.37. The van der Waals surface area contributed by atoms with Crippen LogP contribution in [0.2, 0.25) is 5.02 Å². The Morgan fingerprint density at radius 2 is 2.04 bits per heavy atom. The molecule has 24 heavy (non-hydrogen) atoms. The maximum Gasteiger partial charge on any atom is 0.253 e. The number of oxazole rings is 1. The summed E-state index contributed by atoms with van der Waals surface area (Å²) >= 11 is 5.96. The fourth-order valence-corrected chi connectivity index (χ4v) is 2.89. The molecule has 0 spiro atoms. The van der Waals surface area contributed by atoms with E-state index in [0.29, 0.717) is 28.6 Å². The molecule has 1 aliphatic heterocycles. The van der Waals surface area contributed by atoms with Crippen molar-refractivity contribution in [1.29, 1.82) is 0 Å². The van der Waals surface area contributed by atoms with Crippen molar-refractivity contribution in [2.75, 3.05) is 11.9 Å². The van der Waals surface area contributed by atoms with Gasteiger partial charge in [0.05, 0.1) is 0 Å². The topological polar surface area (TPSA) is 64.4 Å². The summed E-state index contributed by atoms with van der Waals surface area (Å²) < 4.78 is 11.1. The molecule has 0 saturated carbocycles. The number of fused-ring (bicyclic) bond motifs is 1. The number of rotatable bonds is 3. The normalized spacial score (nSPS) is 17.3. The van der Waals surface area contributed by atoms with Crippen LogP contribution in [0.15, 0.2) is 46.9 Å². The molecular weight excluding hydrogens is 328 g/mol. The van der Waals surface area contributed by atoms with Gasteiger partial charge in [0.15, 0.2) is 5.58 Å². The molecule has 2 aromatic carbocycles. The summed E-state index contributed by atoms with van der Waals surface area (Å²) in [6, 6.07) is 12.7. The van der Waals surface area contributed by atoms with Crippen LogP contribution >= 0.6 is 11.6 Å². The molecule has 1 aromatic heterocycles. The second kappa shape index (κ2) is 6.26. The highest BCUT2D eigenvalue weighted by Gasteiger charge is 2.23. The van der Waals surface area contributed by atoms with Gasteiger partial charge in [-0.25, -0.2) is 4.98 Å². The standard InChI is InChI=1S/C18H15ClN2O3/c19-12-5-8-15-14(10-12)21-18(24-15)11-3-6-13(7-4-11)20-17(22)16-2-1-9-23-16/h3-8,10,16H,1-2,9H2,(H,20,22)/t16-/m0/s1. The molecule has 1 amide bonds. The average Bonchev–Trinajstić information content (AvgIpc) is 3.24. The number of hydrogen-bond donors (Lipinski definition) is 1. The monoisotopic (exact) mass is 342 g/mol. The molecule has 1 saturated heterocycles. The number of carbonyl (C=O) groups excluding carboxylic acids is 1. The highest BCUT2D eigenvalue weighted by Crippen LogP contribution is 2.27. The number of ether oxygens (including phenoxy) is 1. The lowest BCUT2D eigenvalue weighted by Gasteiger charge is -2.10. The average molecular weight is 343 g/mol. The zero-order chi connectivity index (χ0) is 16.5. The summed E-state index contributed by atoms with van der Waals surface area (Å²) in [4.78, 5) is 16.5. The second-order valence-corrected chi connectivity index (χ2v) is 6.14. The predicted octanol–water partition coefficient (Wildman–Crippen LogP) is 4.27. The summed E-state index contributed by atoms with van der Waals surface area (Å²) in [5, 5.41) is 3.48. The Kier molecular flexibility index (Phi) is 3.96. The first-order valence-corrected chi connectivity index (χ1v) is 8.16. The minimum Gasteiger partial charge on any atom is -0.436 e. The van der Waals surface area contributed by atoms with Crippen molar-refractivity contribution >= 4 is 34.3 Å². The van der Waals surface area contributed by atoms with Crippen LogP contribution in [0.4, 0.5) is 5.69 Å². The molecule has 0 unspecified atom stereocenters. The zero-order valence-electron chi connectivity index (χ0n) is 12.8. The zero-order valence-corrected chi connectivity index (χ0v) is 13.5. The van der Waals surface area contributed by atoms with Crippen LogP contribution in [0.3, 0.4) is 0 Å². The molecule has 0 bridgehead atoms. The first-order valence-electron chi connectivity index (χ1n) is 7.78. The van der Waals surface area contributed by atoms with Crippen molar-refractivity contribution in [3.63, 3.8) is 0 Å². The number of nitrogens with one attached hydrogen (secondary N) is 1. The summed E-state index contributed by atoms with van der Waals surface area (Å²) in [5.41, 5.74) is 2.95. The molecule has 0 aliphatic carbocycles. The maximum absolute atomic E-state index is 12.0. The molecule has 4 rings (SSSR count). The van der Waals surface area contributed by atoms with Gasteiger partial charge in [-0.1, -0.05) is 11.6 Å². The van der Waals surface area contributed by atoms with Gasteiger partial charge in [0.25, 0.3) is 5.91 Å². The number of anilines is 1. The van der Waals surface area contributed by atoms with E-state index in [1.54, 1.807) is 18.2 Å². The first-order chi connectivity index (χ1) is 11.7. The Labute approximate surface area is 143 Å². The Balaban J connectivity index is 1.53. The third-order valence-corrected chi connectivity index (χ3v) is 4.21. The van der Waals surface area contributed by atoms with Gasteiger partial charge >= 0.3 is 0 Å². The van der Waals surface area contributed by atoms with Gasteiger partial charge in [-0.15, -0.1) is 0 Å². The number of amides is 1. The van der Waals surface area contributed by atoms with Crippen molar-refractivity contribution < 1.29 is 13.9 Å². The van der Waals surface area contributed by atoms with Gasteiger partial charge in [0, 0.05) is 22.9 Å². The number of nitrogens with zero attached hydrogens (tertiary/aromatic N) is 1. The van der Waals surface area contributed by atoms with Crippen molar-refractivity contribution in [2.24, 2.45) is 0 Å². The highest BCUT2D eigenvalue weighted by molar-refractivity contribution is 6.31. The minimum absolute atomic E-state index is 0.100. The molecule has 122 valence electrons. The van der Waals surface area contributed by atoms with Crippen molar-refractivity contribution in [3.8, 4) is 11.5 Å². The molecule has 0 radical (unpaired) electrons. The van der Waals surface area contributed by atoms with Gasteiger partial charge in [-0.05, 0) is 55.3 Å². The molecule has 1 atom stereocenters. The third kappa shape index (κ3) is 3.00. The summed E-state index contributed by atoms with van der Waals surface area (Å²) in [5.74, 6) is 0.418. The van der Waals surface area contributed by atoms with Crippen LogP contribution in [0.5, 0.6) is 0 Å². The van der Waals surface area contributed by atoms with Crippen LogP contribution in [0.25, 0.3) is 22.6 Å². The van der Waals surface area contributed by atoms with E-state index in [9.17, 15) is 4.79 Å². The summed E-state index contributed by atoms with van der Waals surface area (Å²) in [6.45, 7) is 0.652. The Morgan fingerprint density at radius 3 is 2.79 bits per heavy atom. The van der Waals surface area contributed by atoms with Gasteiger partial charge in [-0.3, -0.25) is 4.79 Å². The SMILES string of the molecule is O=C(Nc1ccc(-c2nc3cc(Cl)ccc3o2)cc1)[C@@H]1CCCO1. The lowest BCUT2D eigenvalue weighted by molar-refractivity contribution is -0.124. The van der Waals surface area contributed by atoms with E-state index in [2.05, 4.69) is 10.3 Å². The largest absolute Gasteiger partial charge is 0.436 e. The predicted molar refractivity (Wildman–Crippen MR) is 92.1 cm³/mol. The highest BCUT2D eigenvalue weighted by atomic mass is 35.5. The Morgan fingerprint density at radius 1 is 1.21 bits per heavy atom. The van der Waals surface area contributed by atoms with E-state index in [-0.39, 0.29) is 12.0 Å². The lowest BCUT2D eigenvalue weighted by Crippen LogP contribution is -2.26. The maximum atomic E-state index is 12.0. The quantitative estimate of drug-likeness (QED) is 0.772. The van der Waals surface area contributed by atoms with E-state index in [1.807, 2.05) is 24.3 Å². The second-order valence-electron chi connectivity index (χ2n) is 5.70. The van der Waals surface area contributed by atoms with Crippen LogP contribution in [-0.2, 0) is 9.53 Å². The van der Waals surface area contributed by atoms with Gasteiger partial charge in [-0.2, -0.15) is 0 Å². The Bertz CT molecular complexity index is 883. The molecule has 5 nitrogen and oxygen atoms in total. The van der Waals surface area contributed by atoms with Crippen LogP contribution in [0, 0.1) is 0 Å². The molecule has 1 N–H and O–H groups in total. The minimum atomic E-state index is -0.341. The molecular formula is C18H15ClN2O3. The number of halogens is 1. The van der Waals surface area contributed by atoms with Crippen LogP contribution in [0.1, 0.15) is 12.8 Å². The summed E-state index contributed by atoms with van der Waals surface area (Å²) in [6.07, 6.45) is 1.36. The van der Waals surface area contributed by atoms with E-state index < -0.39 is 0 Å². The summed E-state index contributed by atoms with van der Waals surface area (Å²) in [7, 11) is 0. The first kappa shape index (κ1) is 15.2. The van der Waals surface area contributed by atoms with Crippen molar-refractivity contribution in [2.45, 2.75) is 18.9 Å². The van der Waals surface area contributed by atoms with E-state index in [0.717, 1.165) is 24.1 Å². The molecule has 2 heterocycles. The van der Waals surface area contributed by atoms with Crippen LogP contribution in [-0.4, -0.2) is 23.6 Å². The van der Waals surface area contributed by atoms with Crippen molar-refractivity contribution in [1.82, 2.24) is 4.98 Å². The fraction of sp³-hybridized carbons (Fsp3) is 0.222. The van der Waals surface area contributed by atoms with E-state index in [4.69, 9.17) is 20.8 Å². The molecule has 3 aromatic rings. The molecule has 1 fully saturated rings. The lowest BCUT2D eigenvalue weighted by atomic mass is 10.2. The fourth-order valence-electron chi connectivity index (χ4n) is 2.73. The van der Waals surface area contributed by atoms with Gasteiger partial charge < -0.3 is 14.5 Å².